The number of allylic oxidation sites excluding steroid dienone is 1. The van der Waals surface area contributed by atoms with Crippen LogP contribution in [0.3, 0.4) is 0 Å². The highest BCUT2D eigenvalue weighted by molar-refractivity contribution is 6.30. The molecule has 0 bridgehead atoms. The van der Waals surface area contributed by atoms with E-state index in [1.165, 1.54) is 6.92 Å². The summed E-state index contributed by atoms with van der Waals surface area (Å²) < 4.78 is 5.68. The van der Waals surface area contributed by atoms with E-state index in [-0.39, 0.29) is 17.1 Å². The largest absolute Gasteiger partial charge is 0.494 e. The minimum Gasteiger partial charge on any atom is -0.494 e. The van der Waals surface area contributed by atoms with Gasteiger partial charge in [0.2, 0.25) is 11.4 Å². The summed E-state index contributed by atoms with van der Waals surface area (Å²) in [4.78, 5) is 27.2. The molecule has 1 aliphatic heterocycles. The van der Waals surface area contributed by atoms with Crippen LogP contribution in [0, 0.1) is 0 Å². The topological polar surface area (TPSA) is 66.8 Å². The molecule has 1 N–H and O–H groups in total. The molecule has 0 saturated carbocycles. The third-order valence-electron chi connectivity index (χ3n) is 5.53. The maximum absolute atomic E-state index is 13.0. The molecule has 30 heavy (non-hydrogen) atoms. The van der Waals surface area contributed by atoms with E-state index in [0.717, 1.165) is 24.0 Å². The van der Waals surface area contributed by atoms with Crippen molar-refractivity contribution in [2.45, 2.75) is 38.5 Å². The molecule has 0 aromatic heterocycles. The highest BCUT2D eigenvalue weighted by Gasteiger charge is 2.60. The van der Waals surface area contributed by atoms with E-state index in [0.29, 0.717) is 25.4 Å². The molecule has 2 aromatic rings. The van der Waals surface area contributed by atoms with Gasteiger partial charge in [0.05, 0.1) is 17.9 Å². The van der Waals surface area contributed by atoms with Crippen LogP contribution in [-0.4, -0.2) is 33.8 Å². The third-order valence-corrected chi connectivity index (χ3v) is 5.53. The number of aliphatic hydroxyl groups is 1. The van der Waals surface area contributed by atoms with Crippen LogP contribution in [0.25, 0.3) is 0 Å². The van der Waals surface area contributed by atoms with E-state index < -0.39 is 11.4 Å². The first kappa shape index (κ1) is 20.1. The van der Waals surface area contributed by atoms with Crippen molar-refractivity contribution in [2.75, 3.05) is 6.61 Å². The zero-order valence-corrected chi connectivity index (χ0v) is 17.0. The summed E-state index contributed by atoms with van der Waals surface area (Å²) in [6, 6.07) is 19.6. The molecular formula is C25H25NO4. The third kappa shape index (κ3) is 3.57. The Morgan fingerprint density at radius 1 is 1.03 bits per heavy atom. The average molecular weight is 403 g/mol. The number of carbonyl (C=O) groups excluding carboxylic acids is 2. The fraction of sp³-hybridized carbons (Fsp3) is 0.280. The van der Waals surface area contributed by atoms with Gasteiger partial charge in [-0.2, -0.15) is 0 Å². The minimum atomic E-state index is -1.91. The predicted molar refractivity (Wildman–Crippen MR) is 113 cm³/mol. The summed E-state index contributed by atoms with van der Waals surface area (Å²) in [6.45, 7) is 2.71. The summed E-state index contributed by atoms with van der Waals surface area (Å²) in [5.41, 5.74) is 0.513. The SMILES string of the molecule is CC(=O)C1=C(N(Cc2ccccc2)Cc2ccccc2)C(O)(C2=CCCCO2)C1=O. The highest BCUT2D eigenvalue weighted by Crippen LogP contribution is 2.45. The number of Topliss-reactive ketones (excluding diaryl/α,β-unsaturated/α-hetero) is 2. The predicted octanol–water partition coefficient (Wildman–Crippen LogP) is 3.54. The normalized spacial score (nSPS) is 20.9. The smallest absolute Gasteiger partial charge is 0.226 e. The lowest BCUT2D eigenvalue weighted by Gasteiger charge is -2.46. The zero-order valence-electron chi connectivity index (χ0n) is 17.0. The minimum absolute atomic E-state index is 0.0550. The van der Waals surface area contributed by atoms with Crippen LogP contribution >= 0.6 is 0 Å². The molecule has 0 radical (unpaired) electrons. The Morgan fingerprint density at radius 3 is 2.07 bits per heavy atom. The average Bonchev–Trinajstić information content (AvgIpc) is 2.77. The number of carbonyl (C=O) groups is 2. The molecule has 1 atom stereocenters. The van der Waals surface area contributed by atoms with Gasteiger partial charge < -0.3 is 14.7 Å². The molecule has 5 heteroatoms. The fourth-order valence-electron chi connectivity index (χ4n) is 4.09. The summed E-state index contributed by atoms with van der Waals surface area (Å²) in [5.74, 6) is -0.684. The van der Waals surface area contributed by atoms with Gasteiger partial charge in [0, 0.05) is 13.1 Å². The van der Waals surface area contributed by atoms with Crippen molar-refractivity contribution < 1.29 is 19.4 Å². The quantitative estimate of drug-likeness (QED) is 0.717. The standard InChI is InChI=1S/C25H25NO4/c1-18(27)22-23(25(29,24(22)28)21-14-8-9-15-30-21)26(16-19-10-4-2-5-11-19)17-20-12-6-3-7-13-20/h2-7,10-14,29H,8-9,15-17H2,1H3. The number of benzene rings is 2. The molecular weight excluding hydrogens is 378 g/mol. The molecule has 1 aliphatic carbocycles. The van der Waals surface area contributed by atoms with Crippen LogP contribution in [0.15, 0.2) is 83.8 Å². The van der Waals surface area contributed by atoms with Crippen molar-refractivity contribution in [3.63, 3.8) is 0 Å². The summed E-state index contributed by atoms with van der Waals surface area (Å²) in [7, 11) is 0. The van der Waals surface area contributed by atoms with Gasteiger partial charge in [-0.15, -0.1) is 0 Å². The number of rotatable bonds is 7. The second-order valence-corrected chi connectivity index (χ2v) is 7.71. The van der Waals surface area contributed by atoms with Crippen molar-refractivity contribution in [3.8, 4) is 0 Å². The lowest BCUT2D eigenvalue weighted by atomic mass is 9.71. The Labute approximate surface area is 176 Å². The van der Waals surface area contributed by atoms with Crippen LogP contribution in [0.4, 0.5) is 0 Å². The Bertz CT molecular complexity index is 968. The van der Waals surface area contributed by atoms with Crippen molar-refractivity contribution in [3.05, 3.63) is 94.9 Å². The van der Waals surface area contributed by atoms with E-state index in [4.69, 9.17) is 4.74 Å². The molecule has 1 heterocycles. The molecule has 2 aliphatic rings. The van der Waals surface area contributed by atoms with Crippen molar-refractivity contribution in [1.82, 2.24) is 4.90 Å². The van der Waals surface area contributed by atoms with Crippen LogP contribution in [0.1, 0.15) is 30.9 Å². The summed E-state index contributed by atoms with van der Waals surface area (Å²) in [5, 5.41) is 11.5. The Kier molecular flexibility index (Phi) is 5.55. The van der Waals surface area contributed by atoms with Crippen LogP contribution < -0.4 is 0 Å². The maximum Gasteiger partial charge on any atom is 0.226 e. The molecule has 2 aromatic carbocycles. The van der Waals surface area contributed by atoms with E-state index in [1.807, 2.05) is 65.6 Å². The summed E-state index contributed by atoms with van der Waals surface area (Å²) >= 11 is 0. The number of ether oxygens (including phenoxy) is 1. The second-order valence-electron chi connectivity index (χ2n) is 7.71. The number of hydrogen-bond donors (Lipinski definition) is 1. The molecule has 5 nitrogen and oxygen atoms in total. The van der Waals surface area contributed by atoms with Crippen LogP contribution in [0.2, 0.25) is 0 Å². The Balaban J connectivity index is 1.80. The monoisotopic (exact) mass is 403 g/mol. The van der Waals surface area contributed by atoms with Gasteiger partial charge >= 0.3 is 0 Å². The van der Waals surface area contributed by atoms with E-state index in [2.05, 4.69) is 0 Å². The van der Waals surface area contributed by atoms with Crippen molar-refractivity contribution in [2.24, 2.45) is 0 Å². The highest BCUT2D eigenvalue weighted by atomic mass is 16.5. The van der Waals surface area contributed by atoms with E-state index in [1.54, 1.807) is 6.08 Å². The Hall–Kier alpha value is -3.18. The van der Waals surface area contributed by atoms with Gasteiger partial charge in [-0.3, -0.25) is 9.59 Å². The molecule has 0 spiro atoms. The van der Waals surface area contributed by atoms with Crippen LogP contribution in [0.5, 0.6) is 0 Å². The lowest BCUT2D eigenvalue weighted by molar-refractivity contribution is -0.140. The van der Waals surface area contributed by atoms with Gasteiger partial charge in [-0.1, -0.05) is 60.7 Å². The molecule has 1 unspecified atom stereocenters. The zero-order chi connectivity index (χ0) is 21.1. The number of ketones is 2. The van der Waals surface area contributed by atoms with Crippen molar-refractivity contribution in [1.29, 1.82) is 0 Å². The van der Waals surface area contributed by atoms with E-state index >= 15 is 0 Å². The second kappa shape index (κ2) is 8.28. The lowest BCUT2D eigenvalue weighted by Crippen LogP contribution is -2.59. The first-order valence-corrected chi connectivity index (χ1v) is 10.2. The molecule has 0 fully saturated rings. The maximum atomic E-state index is 13.0. The first-order chi connectivity index (χ1) is 14.5. The number of nitrogens with zero attached hydrogens (tertiary/aromatic N) is 1. The van der Waals surface area contributed by atoms with Gasteiger partial charge in [0.1, 0.15) is 5.76 Å². The Morgan fingerprint density at radius 2 is 1.60 bits per heavy atom. The van der Waals surface area contributed by atoms with Gasteiger partial charge in [0.15, 0.2) is 5.78 Å². The summed E-state index contributed by atoms with van der Waals surface area (Å²) in [6.07, 6.45) is 3.33. The van der Waals surface area contributed by atoms with Crippen LogP contribution in [-0.2, 0) is 27.4 Å². The van der Waals surface area contributed by atoms with Gasteiger partial charge in [0.25, 0.3) is 0 Å². The molecule has 4 rings (SSSR count). The van der Waals surface area contributed by atoms with Gasteiger partial charge in [-0.25, -0.2) is 0 Å². The fourth-order valence-corrected chi connectivity index (χ4v) is 4.09. The number of hydrogen-bond acceptors (Lipinski definition) is 5. The van der Waals surface area contributed by atoms with Crippen molar-refractivity contribution >= 4 is 11.6 Å². The first-order valence-electron chi connectivity index (χ1n) is 10.2. The van der Waals surface area contributed by atoms with Gasteiger partial charge in [-0.05, 0) is 37.0 Å². The molecule has 0 amide bonds. The molecule has 0 saturated heterocycles. The molecule has 154 valence electrons. The van der Waals surface area contributed by atoms with E-state index in [9.17, 15) is 14.7 Å².